The van der Waals surface area contributed by atoms with Crippen molar-refractivity contribution in [2.75, 3.05) is 5.32 Å². The fourth-order valence-electron chi connectivity index (χ4n) is 8.20. The molecule has 194 valence electrons. The second-order valence-electron chi connectivity index (χ2n) is 12.2. The lowest BCUT2D eigenvalue weighted by Gasteiger charge is -2.30. The first-order valence-electron chi connectivity index (χ1n) is 14.5. The van der Waals surface area contributed by atoms with Crippen LogP contribution < -0.4 is 5.32 Å². The van der Waals surface area contributed by atoms with Crippen LogP contribution >= 0.6 is 0 Å². The molecule has 1 spiro atoms. The molecule has 0 radical (unpaired) electrons. The third-order valence-electron chi connectivity index (χ3n) is 9.88. The molecule has 3 aliphatic rings. The highest BCUT2D eigenvalue weighted by Gasteiger charge is 2.52. The van der Waals surface area contributed by atoms with E-state index in [9.17, 15) is 0 Å². The molecule has 3 aliphatic carbocycles. The van der Waals surface area contributed by atoms with Crippen molar-refractivity contribution in [3.05, 3.63) is 167 Å². The molecular weight excluding hydrogens is 494 g/mol. The highest BCUT2D eigenvalue weighted by Crippen LogP contribution is 2.64. The number of hydrogen-bond acceptors (Lipinski definition) is 1. The Morgan fingerprint density at radius 3 is 1.56 bits per heavy atom. The van der Waals surface area contributed by atoms with Crippen molar-refractivity contribution in [1.29, 1.82) is 0 Å². The van der Waals surface area contributed by atoms with E-state index in [1.54, 1.807) is 0 Å². The van der Waals surface area contributed by atoms with Crippen molar-refractivity contribution in [3.63, 3.8) is 0 Å². The van der Waals surface area contributed by atoms with Gasteiger partial charge in [-0.2, -0.15) is 0 Å². The smallest absolute Gasteiger partial charge is 0.0726 e. The van der Waals surface area contributed by atoms with Crippen molar-refractivity contribution in [1.82, 2.24) is 0 Å². The van der Waals surface area contributed by atoms with Crippen LogP contribution in [0.3, 0.4) is 0 Å². The molecular formula is C40H29N. The Hall–Kier alpha value is -4.88. The number of anilines is 2. The maximum atomic E-state index is 3.89. The summed E-state index contributed by atoms with van der Waals surface area (Å²) in [6.45, 7) is 4.67. The Labute approximate surface area is 241 Å². The number of fused-ring (bicyclic) bond motifs is 13. The zero-order valence-electron chi connectivity index (χ0n) is 23.2. The highest BCUT2D eigenvalue weighted by molar-refractivity contribution is 5.99. The summed E-state index contributed by atoms with van der Waals surface area (Å²) in [6, 6.07) is 49.6. The van der Waals surface area contributed by atoms with Gasteiger partial charge in [-0.1, -0.05) is 129 Å². The molecule has 0 bridgehead atoms. The maximum Gasteiger partial charge on any atom is 0.0726 e. The van der Waals surface area contributed by atoms with Crippen molar-refractivity contribution < 1.29 is 0 Å². The SMILES string of the molecule is CC1(C)c2ccccc2-c2cc(Nc3cccc4c3-c3ccccc3C43c4ccccc4-c4ccccc43)ccc21. The van der Waals surface area contributed by atoms with Gasteiger partial charge in [0.25, 0.3) is 0 Å². The zero-order valence-corrected chi connectivity index (χ0v) is 23.2. The molecule has 41 heavy (non-hydrogen) atoms. The first-order valence-corrected chi connectivity index (χ1v) is 14.5. The van der Waals surface area contributed by atoms with Gasteiger partial charge in [0.05, 0.1) is 5.41 Å². The second-order valence-corrected chi connectivity index (χ2v) is 12.2. The number of nitrogens with one attached hydrogen (secondary N) is 1. The Morgan fingerprint density at radius 1 is 0.415 bits per heavy atom. The van der Waals surface area contributed by atoms with Crippen molar-refractivity contribution in [2.45, 2.75) is 24.7 Å². The second kappa shape index (κ2) is 7.86. The lowest BCUT2D eigenvalue weighted by Crippen LogP contribution is -2.25. The van der Waals surface area contributed by atoms with Crippen molar-refractivity contribution >= 4 is 11.4 Å². The largest absolute Gasteiger partial charge is 0.355 e. The van der Waals surface area contributed by atoms with Crippen molar-refractivity contribution in [3.8, 4) is 33.4 Å². The first kappa shape index (κ1) is 22.9. The molecule has 0 aliphatic heterocycles. The van der Waals surface area contributed by atoms with Gasteiger partial charge in [-0.05, 0) is 79.4 Å². The molecule has 0 saturated carbocycles. The predicted molar refractivity (Wildman–Crippen MR) is 170 cm³/mol. The number of rotatable bonds is 2. The van der Waals surface area contributed by atoms with Crippen LogP contribution in [0.25, 0.3) is 33.4 Å². The molecule has 1 N–H and O–H groups in total. The minimum Gasteiger partial charge on any atom is -0.355 e. The average Bonchev–Trinajstić information content (AvgIpc) is 3.57. The summed E-state index contributed by atoms with van der Waals surface area (Å²) in [5.41, 5.74) is 18.2. The Kier molecular flexibility index (Phi) is 4.39. The van der Waals surface area contributed by atoms with E-state index in [4.69, 9.17) is 0 Å². The lowest BCUT2D eigenvalue weighted by atomic mass is 9.70. The summed E-state index contributed by atoms with van der Waals surface area (Å²) in [7, 11) is 0. The molecule has 0 saturated heterocycles. The van der Waals surface area contributed by atoms with E-state index >= 15 is 0 Å². The molecule has 0 unspecified atom stereocenters. The first-order chi connectivity index (χ1) is 20.1. The highest BCUT2D eigenvalue weighted by atomic mass is 14.9. The van der Waals surface area contributed by atoms with Gasteiger partial charge in [-0.3, -0.25) is 0 Å². The standard InChI is InChI=1S/C40H29N/c1-39(2)31-16-7-3-14-28(31)30-24-25(22-23-32(30)39)41-37-21-11-20-36-38(37)29-15-6-10-19-35(29)40(36)33-17-8-4-12-26(33)27-13-5-9-18-34(27)40/h3-24,41H,1-2H3. The molecule has 0 aromatic heterocycles. The van der Waals surface area contributed by atoms with Gasteiger partial charge in [0, 0.05) is 22.4 Å². The van der Waals surface area contributed by atoms with Gasteiger partial charge in [0.2, 0.25) is 0 Å². The van der Waals surface area contributed by atoms with E-state index in [1.165, 1.54) is 66.8 Å². The van der Waals surface area contributed by atoms with E-state index in [0.29, 0.717) is 0 Å². The molecule has 0 atom stereocenters. The number of hydrogen-bond donors (Lipinski definition) is 1. The van der Waals surface area contributed by atoms with Gasteiger partial charge in [-0.25, -0.2) is 0 Å². The normalized spacial score (nSPS) is 15.5. The zero-order chi connectivity index (χ0) is 27.3. The van der Waals surface area contributed by atoms with E-state index in [-0.39, 0.29) is 10.8 Å². The summed E-state index contributed by atoms with van der Waals surface area (Å²) in [5, 5.41) is 3.89. The van der Waals surface area contributed by atoms with Crippen LogP contribution in [-0.4, -0.2) is 0 Å². The average molecular weight is 524 g/mol. The van der Waals surface area contributed by atoms with E-state index in [0.717, 1.165) is 11.4 Å². The predicted octanol–water partition coefficient (Wildman–Crippen LogP) is 10.1. The fourth-order valence-corrected chi connectivity index (χ4v) is 8.20. The van der Waals surface area contributed by atoms with Crippen molar-refractivity contribution in [2.24, 2.45) is 0 Å². The monoisotopic (exact) mass is 523 g/mol. The molecule has 0 heterocycles. The summed E-state index contributed by atoms with van der Waals surface area (Å²) >= 11 is 0. The molecule has 1 nitrogen and oxygen atoms in total. The fraction of sp³-hybridized carbons (Fsp3) is 0.100. The molecule has 9 rings (SSSR count). The third-order valence-corrected chi connectivity index (χ3v) is 9.88. The van der Waals surface area contributed by atoms with Gasteiger partial charge in [0.15, 0.2) is 0 Å². The van der Waals surface area contributed by atoms with E-state index < -0.39 is 0 Å². The Bertz CT molecular complexity index is 2020. The minimum atomic E-state index is -0.322. The number of benzene rings is 6. The summed E-state index contributed by atoms with van der Waals surface area (Å²) in [5.74, 6) is 0. The van der Waals surface area contributed by atoms with E-state index in [2.05, 4.69) is 153 Å². The maximum absolute atomic E-state index is 3.89. The Balaban J connectivity index is 1.26. The van der Waals surface area contributed by atoms with Crippen LogP contribution in [-0.2, 0) is 10.8 Å². The summed E-state index contributed by atoms with van der Waals surface area (Å²) in [6.07, 6.45) is 0. The van der Waals surface area contributed by atoms with Gasteiger partial charge in [-0.15, -0.1) is 0 Å². The Morgan fingerprint density at radius 2 is 0.902 bits per heavy atom. The molecule has 0 fully saturated rings. The van der Waals surface area contributed by atoms with Crippen LogP contribution in [0.4, 0.5) is 11.4 Å². The molecule has 0 amide bonds. The quantitative estimate of drug-likeness (QED) is 0.238. The van der Waals surface area contributed by atoms with Crippen LogP contribution in [0.15, 0.2) is 133 Å². The van der Waals surface area contributed by atoms with Gasteiger partial charge >= 0.3 is 0 Å². The summed E-state index contributed by atoms with van der Waals surface area (Å²) in [4.78, 5) is 0. The van der Waals surface area contributed by atoms with Crippen LogP contribution in [0, 0.1) is 0 Å². The van der Waals surface area contributed by atoms with Gasteiger partial charge < -0.3 is 5.32 Å². The third kappa shape index (κ3) is 2.76. The van der Waals surface area contributed by atoms with Crippen LogP contribution in [0.5, 0.6) is 0 Å². The molecule has 1 heteroatoms. The molecule has 6 aromatic carbocycles. The van der Waals surface area contributed by atoms with Gasteiger partial charge in [0.1, 0.15) is 0 Å². The molecule has 6 aromatic rings. The summed E-state index contributed by atoms with van der Waals surface area (Å²) < 4.78 is 0. The lowest BCUT2D eigenvalue weighted by molar-refractivity contribution is 0.660. The topological polar surface area (TPSA) is 12.0 Å². The van der Waals surface area contributed by atoms with Crippen LogP contribution in [0.1, 0.15) is 47.2 Å². The van der Waals surface area contributed by atoms with E-state index in [1.807, 2.05) is 0 Å². The van der Waals surface area contributed by atoms with Crippen LogP contribution in [0.2, 0.25) is 0 Å². The minimum absolute atomic E-state index is 0.00697.